The van der Waals surface area contributed by atoms with Crippen LogP contribution < -0.4 is 5.32 Å². The predicted molar refractivity (Wildman–Crippen MR) is 254 cm³/mol. The predicted octanol–water partition coefficient (Wildman–Crippen LogP) is 14.2. The first-order valence-corrected chi connectivity index (χ1v) is 26.3. The molecule has 0 heterocycles. The summed E-state index contributed by atoms with van der Waals surface area (Å²) in [5.41, 5.74) is 0. The van der Waals surface area contributed by atoms with Gasteiger partial charge in [-0.05, 0) is 109 Å². The first kappa shape index (κ1) is 55.9. The number of carbonyl (C=O) groups is 3. The van der Waals surface area contributed by atoms with Crippen LogP contribution in [0.2, 0.25) is 0 Å². The number of nitrogens with one attached hydrogen (secondary N) is 1. The van der Waals surface area contributed by atoms with E-state index in [9.17, 15) is 14.4 Å². The van der Waals surface area contributed by atoms with Crippen LogP contribution in [-0.4, -0.2) is 61.6 Å². The zero-order valence-electron chi connectivity index (χ0n) is 40.2. The number of carbonyl (C=O) groups excluding carboxylic acids is 3. The first-order chi connectivity index (χ1) is 29.4. The van der Waals surface area contributed by atoms with E-state index in [1.165, 1.54) is 128 Å². The highest BCUT2D eigenvalue weighted by Crippen LogP contribution is 2.27. The van der Waals surface area contributed by atoms with Gasteiger partial charge in [-0.15, -0.1) is 0 Å². The molecule has 0 unspecified atom stereocenters. The first-order valence-electron chi connectivity index (χ1n) is 26.3. The Kier molecular flexibility index (Phi) is 39.4. The van der Waals surface area contributed by atoms with Crippen molar-refractivity contribution in [2.45, 2.75) is 265 Å². The average Bonchev–Trinajstić information content (AvgIpc) is 4.08. The second-order valence-corrected chi connectivity index (χ2v) is 18.4. The molecular formula is C53H98N2O5. The van der Waals surface area contributed by atoms with Gasteiger partial charge in [0.1, 0.15) is 6.10 Å². The Balaban J connectivity index is 2.35. The molecule has 1 saturated carbocycles. The molecule has 0 aliphatic heterocycles. The van der Waals surface area contributed by atoms with Crippen molar-refractivity contribution in [3.8, 4) is 11.8 Å². The van der Waals surface area contributed by atoms with E-state index in [0.717, 1.165) is 110 Å². The van der Waals surface area contributed by atoms with Gasteiger partial charge in [0.05, 0.1) is 6.61 Å². The fourth-order valence-electron chi connectivity index (χ4n) is 8.19. The van der Waals surface area contributed by atoms with Gasteiger partial charge in [0.15, 0.2) is 0 Å². The molecule has 1 rings (SSSR count). The highest BCUT2D eigenvalue weighted by molar-refractivity contribution is 5.93. The van der Waals surface area contributed by atoms with Crippen LogP contribution in [0.1, 0.15) is 259 Å². The van der Waals surface area contributed by atoms with E-state index in [0.29, 0.717) is 37.8 Å². The van der Waals surface area contributed by atoms with Gasteiger partial charge < -0.3 is 19.7 Å². The van der Waals surface area contributed by atoms with Gasteiger partial charge in [-0.1, -0.05) is 175 Å². The molecular weight excluding hydrogens is 745 g/mol. The average molecular weight is 843 g/mol. The van der Waals surface area contributed by atoms with Crippen LogP contribution in [0.15, 0.2) is 0 Å². The van der Waals surface area contributed by atoms with Gasteiger partial charge in [0.2, 0.25) is 0 Å². The van der Waals surface area contributed by atoms with Gasteiger partial charge in [0.25, 0.3) is 5.91 Å². The number of hydrogen-bond acceptors (Lipinski definition) is 6. The van der Waals surface area contributed by atoms with Gasteiger partial charge >= 0.3 is 11.9 Å². The molecule has 7 heteroatoms. The Hall–Kier alpha value is -2.07. The number of nitrogens with zero attached hydrogens (tertiary/aromatic N) is 1. The van der Waals surface area contributed by atoms with Crippen LogP contribution in [0.3, 0.4) is 0 Å². The third kappa shape index (κ3) is 37.7. The third-order valence-corrected chi connectivity index (χ3v) is 12.4. The highest BCUT2D eigenvalue weighted by atomic mass is 16.5. The molecule has 350 valence electrons. The SMILES string of the molecule is CCCCCCCCC(CCCCCCCC)OC(=O)CCCCCCCN(CCCCCCCC(=O)OCCC(CCCC)CCCC)CCCNC(=O)C#CC1CC1. The summed E-state index contributed by atoms with van der Waals surface area (Å²) in [6.07, 6.45) is 41.2. The zero-order chi connectivity index (χ0) is 43.6. The largest absolute Gasteiger partial charge is 0.466 e. The van der Waals surface area contributed by atoms with Crippen LogP contribution >= 0.6 is 0 Å². The Morgan fingerprint density at radius 1 is 0.533 bits per heavy atom. The highest BCUT2D eigenvalue weighted by Gasteiger charge is 2.18. The maximum Gasteiger partial charge on any atom is 0.306 e. The maximum absolute atomic E-state index is 12.9. The van der Waals surface area contributed by atoms with Crippen molar-refractivity contribution in [3.63, 3.8) is 0 Å². The molecule has 1 aliphatic rings. The van der Waals surface area contributed by atoms with Gasteiger partial charge in [0, 0.05) is 25.3 Å². The van der Waals surface area contributed by atoms with Crippen LogP contribution in [0.4, 0.5) is 0 Å². The zero-order valence-corrected chi connectivity index (χ0v) is 40.2. The topological polar surface area (TPSA) is 84.9 Å². The van der Waals surface area contributed by atoms with Crippen molar-refractivity contribution >= 4 is 17.8 Å². The lowest BCUT2D eigenvalue weighted by Gasteiger charge is -2.22. The van der Waals surface area contributed by atoms with Crippen LogP contribution in [0.25, 0.3) is 0 Å². The van der Waals surface area contributed by atoms with Crippen LogP contribution in [0.5, 0.6) is 0 Å². The quantitative estimate of drug-likeness (QED) is 0.0374. The Morgan fingerprint density at radius 2 is 1.00 bits per heavy atom. The molecule has 0 aromatic heterocycles. The van der Waals surface area contributed by atoms with Crippen molar-refractivity contribution in [2.75, 3.05) is 32.8 Å². The normalized spacial score (nSPS) is 12.6. The summed E-state index contributed by atoms with van der Waals surface area (Å²) in [6, 6.07) is 0. The summed E-state index contributed by atoms with van der Waals surface area (Å²) in [6.45, 7) is 13.4. The van der Waals surface area contributed by atoms with E-state index in [2.05, 4.69) is 49.8 Å². The molecule has 7 nitrogen and oxygen atoms in total. The summed E-state index contributed by atoms with van der Waals surface area (Å²) in [5.74, 6) is 6.79. The fourth-order valence-corrected chi connectivity index (χ4v) is 8.19. The number of rotatable bonds is 44. The summed E-state index contributed by atoms with van der Waals surface area (Å²) < 4.78 is 11.7. The molecule has 0 radical (unpaired) electrons. The van der Waals surface area contributed by atoms with E-state index >= 15 is 0 Å². The van der Waals surface area contributed by atoms with Crippen molar-refractivity contribution in [2.24, 2.45) is 11.8 Å². The second-order valence-electron chi connectivity index (χ2n) is 18.4. The lowest BCUT2D eigenvalue weighted by molar-refractivity contribution is -0.150. The van der Waals surface area contributed by atoms with Gasteiger partial charge in [-0.2, -0.15) is 0 Å². The molecule has 1 amide bonds. The standard InChI is InChI=1S/C53H98N2O5/c1-5-9-13-15-19-25-34-50(35-26-20-16-14-10-6-2)60-53(58)37-28-22-18-24-30-45-55(46-31-43-54-51(56)41-40-49-38-39-49)44-29-23-17-21-27-36-52(57)59-47-42-48(32-11-7-3)33-12-8-4/h48-50H,5-39,42-47H2,1-4H3,(H,54,56). The summed E-state index contributed by atoms with van der Waals surface area (Å²) in [5, 5.41) is 2.99. The van der Waals surface area contributed by atoms with Crippen molar-refractivity contribution in [1.82, 2.24) is 10.2 Å². The Labute approximate surface area is 372 Å². The Morgan fingerprint density at radius 3 is 1.53 bits per heavy atom. The number of amides is 1. The second kappa shape index (κ2) is 42.2. The molecule has 0 spiro atoms. The maximum atomic E-state index is 12.9. The molecule has 0 aromatic carbocycles. The summed E-state index contributed by atoms with van der Waals surface area (Å²) in [7, 11) is 0. The van der Waals surface area contributed by atoms with E-state index in [4.69, 9.17) is 9.47 Å². The fraction of sp³-hybridized carbons (Fsp3) is 0.906. The molecule has 1 N–H and O–H groups in total. The number of unbranched alkanes of at least 4 members (excludes halogenated alkanes) is 20. The van der Waals surface area contributed by atoms with Crippen molar-refractivity contribution in [3.05, 3.63) is 0 Å². The van der Waals surface area contributed by atoms with E-state index in [1.807, 2.05) is 0 Å². The lowest BCUT2D eigenvalue weighted by Crippen LogP contribution is -2.31. The molecule has 0 aromatic rings. The lowest BCUT2D eigenvalue weighted by atomic mass is 9.93. The van der Waals surface area contributed by atoms with Crippen molar-refractivity contribution in [1.29, 1.82) is 0 Å². The molecule has 1 aliphatic carbocycles. The molecule has 0 atom stereocenters. The third-order valence-electron chi connectivity index (χ3n) is 12.4. The van der Waals surface area contributed by atoms with E-state index in [-0.39, 0.29) is 23.9 Å². The molecule has 1 fully saturated rings. The minimum atomic E-state index is -0.143. The summed E-state index contributed by atoms with van der Waals surface area (Å²) in [4.78, 5) is 39.9. The molecule has 0 saturated heterocycles. The Bertz CT molecular complexity index is 1040. The van der Waals surface area contributed by atoms with Crippen LogP contribution in [-0.2, 0) is 23.9 Å². The van der Waals surface area contributed by atoms with Crippen LogP contribution in [0, 0.1) is 23.7 Å². The molecule has 60 heavy (non-hydrogen) atoms. The summed E-state index contributed by atoms with van der Waals surface area (Å²) >= 11 is 0. The number of ether oxygens (including phenoxy) is 2. The van der Waals surface area contributed by atoms with E-state index < -0.39 is 0 Å². The number of esters is 2. The minimum absolute atomic E-state index is 0.0118. The number of hydrogen-bond donors (Lipinski definition) is 1. The monoisotopic (exact) mass is 843 g/mol. The minimum Gasteiger partial charge on any atom is -0.466 e. The van der Waals surface area contributed by atoms with E-state index in [1.54, 1.807) is 0 Å². The smallest absolute Gasteiger partial charge is 0.306 e. The van der Waals surface area contributed by atoms with Crippen molar-refractivity contribution < 1.29 is 23.9 Å². The molecule has 0 bridgehead atoms. The van der Waals surface area contributed by atoms with Gasteiger partial charge in [-0.25, -0.2) is 0 Å². The van der Waals surface area contributed by atoms with Gasteiger partial charge in [-0.3, -0.25) is 14.4 Å².